The van der Waals surface area contributed by atoms with E-state index >= 15 is 0 Å². The fourth-order valence-corrected chi connectivity index (χ4v) is 2.11. The van der Waals surface area contributed by atoms with Crippen LogP contribution < -0.4 is 0 Å². The van der Waals surface area contributed by atoms with Gasteiger partial charge in [0.1, 0.15) is 5.82 Å². The zero-order chi connectivity index (χ0) is 11.1. The molecule has 3 heteroatoms. The molecule has 1 aromatic rings. The first-order valence-corrected chi connectivity index (χ1v) is 5.67. The van der Waals surface area contributed by atoms with Gasteiger partial charge in [0.05, 0.1) is 12.6 Å². The van der Waals surface area contributed by atoms with Crippen LogP contribution in [0.25, 0.3) is 0 Å². The summed E-state index contributed by atoms with van der Waals surface area (Å²) in [5.41, 5.74) is 1.53. The molecule has 84 valence electrons. The van der Waals surface area contributed by atoms with E-state index < -0.39 is 0 Å². The smallest absolute Gasteiger partial charge is 0.109 e. The molecule has 0 amide bonds. The molecule has 1 unspecified atom stereocenters. The predicted octanol–water partition coefficient (Wildman–Crippen LogP) is 1.78. The molecular weight excluding hydrogens is 188 g/mol. The van der Waals surface area contributed by atoms with E-state index in [1.165, 1.54) is 5.69 Å². The summed E-state index contributed by atoms with van der Waals surface area (Å²) in [6.07, 6.45) is 4.58. The van der Waals surface area contributed by atoms with Crippen molar-refractivity contribution in [1.82, 2.24) is 9.55 Å². The first kappa shape index (κ1) is 10.7. The second-order valence-electron chi connectivity index (χ2n) is 5.71. The lowest BCUT2D eigenvalue weighted by atomic mass is 9.92. The lowest BCUT2D eigenvalue weighted by Crippen LogP contribution is -2.26. The van der Waals surface area contributed by atoms with Gasteiger partial charge in [0.25, 0.3) is 0 Å². The maximum Gasteiger partial charge on any atom is 0.109 e. The highest BCUT2D eigenvalue weighted by atomic mass is 16.3. The van der Waals surface area contributed by atoms with Crippen LogP contribution >= 0.6 is 0 Å². The van der Waals surface area contributed by atoms with E-state index in [1.54, 1.807) is 0 Å². The third-order valence-corrected chi connectivity index (χ3v) is 2.84. The molecule has 15 heavy (non-hydrogen) atoms. The number of fused-ring (bicyclic) bond motifs is 1. The minimum Gasteiger partial charge on any atom is -0.391 e. The van der Waals surface area contributed by atoms with Crippen LogP contribution in [0.15, 0.2) is 6.20 Å². The monoisotopic (exact) mass is 208 g/mol. The van der Waals surface area contributed by atoms with Crippen LogP contribution in [0.3, 0.4) is 0 Å². The zero-order valence-electron chi connectivity index (χ0n) is 9.82. The molecule has 1 aromatic heterocycles. The average Bonchev–Trinajstić information content (AvgIpc) is 2.46. The van der Waals surface area contributed by atoms with E-state index in [-0.39, 0.29) is 11.5 Å². The Morgan fingerprint density at radius 3 is 2.93 bits per heavy atom. The van der Waals surface area contributed by atoms with Gasteiger partial charge in [-0.25, -0.2) is 4.98 Å². The van der Waals surface area contributed by atoms with Crippen molar-refractivity contribution < 1.29 is 5.11 Å². The van der Waals surface area contributed by atoms with Crippen LogP contribution in [0.2, 0.25) is 0 Å². The zero-order valence-corrected chi connectivity index (χ0v) is 9.82. The number of nitrogens with zero attached hydrogens (tertiary/aromatic N) is 2. The van der Waals surface area contributed by atoms with Crippen LogP contribution in [-0.2, 0) is 19.4 Å². The molecule has 0 spiro atoms. The van der Waals surface area contributed by atoms with Crippen LogP contribution in [-0.4, -0.2) is 20.8 Å². The van der Waals surface area contributed by atoms with Crippen molar-refractivity contribution in [2.45, 2.75) is 52.7 Å². The molecule has 1 aliphatic heterocycles. The van der Waals surface area contributed by atoms with Gasteiger partial charge in [0.2, 0.25) is 0 Å². The minimum atomic E-state index is -0.189. The van der Waals surface area contributed by atoms with Crippen LogP contribution in [0.5, 0.6) is 0 Å². The molecule has 2 heterocycles. The average molecular weight is 208 g/mol. The quantitative estimate of drug-likeness (QED) is 0.764. The molecule has 0 saturated heterocycles. The Kier molecular flexibility index (Phi) is 2.59. The lowest BCUT2D eigenvalue weighted by molar-refractivity contribution is 0.129. The number of rotatable bonds is 1. The Bertz CT molecular complexity index is 349. The van der Waals surface area contributed by atoms with Gasteiger partial charge >= 0.3 is 0 Å². The molecule has 3 nitrogen and oxygen atoms in total. The third kappa shape index (κ3) is 2.40. The first-order chi connectivity index (χ1) is 6.96. The normalized spacial score (nSPS) is 21.5. The van der Waals surface area contributed by atoms with Crippen molar-refractivity contribution in [3.8, 4) is 0 Å². The van der Waals surface area contributed by atoms with Gasteiger partial charge in [-0.3, -0.25) is 0 Å². The summed E-state index contributed by atoms with van der Waals surface area (Å²) >= 11 is 0. The van der Waals surface area contributed by atoms with Crippen LogP contribution in [0, 0.1) is 5.41 Å². The molecule has 0 aliphatic carbocycles. The molecule has 0 aromatic carbocycles. The van der Waals surface area contributed by atoms with Gasteiger partial charge in [-0.05, 0) is 18.3 Å². The third-order valence-electron chi connectivity index (χ3n) is 2.84. The Labute approximate surface area is 91.1 Å². The minimum absolute atomic E-state index is 0.189. The summed E-state index contributed by atoms with van der Waals surface area (Å²) in [4.78, 5) is 4.47. The maximum absolute atomic E-state index is 9.65. The molecule has 1 atom stereocenters. The molecule has 1 aliphatic rings. The van der Waals surface area contributed by atoms with Crippen molar-refractivity contribution in [3.05, 3.63) is 17.7 Å². The number of imidazole rings is 1. The van der Waals surface area contributed by atoms with E-state index in [1.807, 2.05) is 6.20 Å². The molecule has 1 N–H and O–H groups in total. The fraction of sp³-hybridized carbons (Fsp3) is 0.750. The molecule has 2 rings (SSSR count). The van der Waals surface area contributed by atoms with Gasteiger partial charge in [0, 0.05) is 18.3 Å². The number of aliphatic hydroxyl groups excluding tert-OH is 1. The van der Waals surface area contributed by atoms with Gasteiger partial charge in [-0.2, -0.15) is 0 Å². The number of aliphatic hydroxyl groups is 1. The number of hydrogen-bond acceptors (Lipinski definition) is 2. The second kappa shape index (κ2) is 3.63. The Morgan fingerprint density at radius 2 is 2.27 bits per heavy atom. The van der Waals surface area contributed by atoms with E-state index in [2.05, 4.69) is 30.3 Å². The summed E-state index contributed by atoms with van der Waals surface area (Å²) < 4.78 is 2.19. The predicted molar refractivity (Wildman–Crippen MR) is 59.7 cm³/mol. The summed E-state index contributed by atoms with van der Waals surface area (Å²) in [6, 6.07) is 0. The SMILES string of the molecule is CC(C)(C)Cc1ncc2n1CC(O)CC2. The van der Waals surface area contributed by atoms with Gasteiger partial charge in [-0.15, -0.1) is 0 Å². The lowest BCUT2D eigenvalue weighted by Gasteiger charge is -2.24. The Hall–Kier alpha value is -0.830. The van der Waals surface area contributed by atoms with Gasteiger partial charge < -0.3 is 9.67 Å². The highest BCUT2D eigenvalue weighted by Gasteiger charge is 2.22. The van der Waals surface area contributed by atoms with Crippen molar-refractivity contribution >= 4 is 0 Å². The van der Waals surface area contributed by atoms with Crippen molar-refractivity contribution in [3.63, 3.8) is 0 Å². The first-order valence-electron chi connectivity index (χ1n) is 5.67. The van der Waals surface area contributed by atoms with E-state index in [9.17, 15) is 5.11 Å². The standard InChI is InChI=1S/C12H20N2O/c1-12(2,3)6-11-13-7-9-4-5-10(15)8-14(9)11/h7,10,15H,4-6,8H2,1-3H3. The molecular formula is C12H20N2O. The van der Waals surface area contributed by atoms with Crippen LogP contribution in [0.1, 0.15) is 38.7 Å². The molecule has 0 bridgehead atoms. The van der Waals surface area contributed by atoms with E-state index in [0.29, 0.717) is 0 Å². The Morgan fingerprint density at radius 1 is 1.53 bits per heavy atom. The summed E-state index contributed by atoms with van der Waals surface area (Å²) in [5, 5.41) is 9.65. The topological polar surface area (TPSA) is 38.0 Å². The summed E-state index contributed by atoms with van der Waals surface area (Å²) in [5.74, 6) is 1.12. The number of aromatic nitrogens is 2. The van der Waals surface area contributed by atoms with Crippen molar-refractivity contribution in [1.29, 1.82) is 0 Å². The van der Waals surface area contributed by atoms with Gasteiger partial charge in [-0.1, -0.05) is 20.8 Å². The summed E-state index contributed by atoms with van der Waals surface area (Å²) in [7, 11) is 0. The highest BCUT2D eigenvalue weighted by molar-refractivity contribution is 5.10. The molecule has 0 radical (unpaired) electrons. The Balaban J connectivity index is 2.23. The maximum atomic E-state index is 9.65. The van der Waals surface area contributed by atoms with Crippen LogP contribution in [0.4, 0.5) is 0 Å². The summed E-state index contributed by atoms with van der Waals surface area (Å²) in [6.45, 7) is 7.37. The molecule has 0 fully saturated rings. The highest BCUT2D eigenvalue weighted by Crippen LogP contribution is 2.23. The van der Waals surface area contributed by atoms with Gasteiger partial charge in [0.15, 0.2) is 0 Å². The number of aryl methyl sites for hydroxylation is 1. The largest absolute Gasteiger partial charge is 0.391 e. The van der Waals surface area contributed by atoms with E-state index in [4.69, 9.17) is 0 Å². The fourth-order valence-electron chi connectivity index (χ4n) is 2.11. The second-order valence-corrected chi connectivity index (χ2v) is 5.71. The van der Waals surface area contributed by atoms with E-state index in [0.717, 1.165) is 31.6 Å². The molecule has 0 saturated carbocycles. The van der Waals surface area contributed by atoms with Crippen molar-refractivity contribution in [2.24, 2.45) is 5.41 Å². The number of hydrogen-bond donors (Lipinski definition) is 1. The van der Waals surface area contributed by atoms with Crippen molar-refractivity contribution in [2.75, 3.05) is 0 Å².